The molecule has 0 fully saturated rings. The van der Waals surface area contributed by atoms with Gasteiger partial charge in [-0.2, -0.15) is 27.1 Å². The molecule has 170 valence electrons. The highest BCUT2D eigenvalue weighted by Crippen LogP contribution is 2.36. The van der Waals surface area contributed by atoms with Crippen molar-refractivity contribution in [2.45, 2.75) is 25.6 Å². The van der Waals surface area contributed by atoms with Crippen LogP contribution in [0.2, 0.25) is 0 Å². The van der Waals surface area contributed by atoms with Crippen molar-refractivity contribution < 1.29 is 31.7 Å². The number of hydrogen-bond acceptors (Lipinski definition) is 7. The van der Waals surface area contributed by atoms with E-state index in [-0.39, 0.29) is 17.9 Å². The molecule has 0 saturated heterocycles. The molecule has 0 bridgehead atoms. The van der Waals surface area contributed by atoms with Crippen molar-refractivity contribution in [2.75, 3.05) is 30.9 Å². The second-order valence-corrected chi connectivity index (χ2v) is 6.47. The molecule has 0 aliphatic rings. The summed E-state index contributed by atoms with van der Waals surface area (Å²) in [5, 5.41) is 21.9. The number of H-pyrrole nitrogens is 1. The number of benzene rings is 1. The standard InChI is InChI=1S/C16H18F5N7O3/c1-8-24-13(26-25-8)6-27(3)11-5-10(22-2)12(28(30)31)4-9(11)14(29)23-7-15(17,18)16(19,20)21/h4-5,22H,6-7H2,1-3H3,(H,23,29)(H,24,25,26). The van der Waals surface area contributed by atoms with Crippen LogP contribution in [-0.4, -0.2) is 58.8 Å². The Hall–Kier alpha value is -3.52. The van der Waals surface area contributed by atoms with Gasteiger partial charge in [0.1, 0.15) is 11.5 Å². The molecular weight excluding hydrogens is 433 g/mol. The van der Waals surface area contributed by atoms with E-state index in [2.05, 4.69) is 20.5 Å². The highest BCUT2D eigenvalue weighted by molar-refractivity contribution is 6.01. The number of rotatable bonds is 8. The molecule has 2 rings (SSSR count). The molecule has 1 heterocycles. The lowest BCUT2D eigenvalue weighted by Crippen LogP contribution is -2.47. The van der Waals surface area contributed by atoms with Crippen LogP contribution in [0.4, 0.5) is 39.0 Å². The molecule has 0 radical (unpaired) electrons. The molecule has 0 aliphatic heterocycles. The summed E-state index contributed by atoms with van der Waals surface area (Å²) >= 11 is 0. The van der Waals surface area contributed by atoms with Crippen LogP contribution >= 0.6 is 0 Å². The zero-order chi connectivity index (χ0) is 23.6. The fourth-order valence-corrected chi connectivity index (χ4v) is 2.57. The van der Waals surface area contributed by atoms with Gasteiger partial charge in [-0.1, -0.05) is 0 Å². The van der Waals surface area contributed by atoms with Crippen molar-refractivity contribution in [3.05, 3.63) is 39.5 Å². The van der Waals surface area contributed by atoms with E-state index in [4.69, 9.17) is 0 Å². The maximum Gasteiger partial charge on any atom is 0.455 e. The molecule has 2 aromatic rings. The van der Waals surface area contributed by atoms with Crippen LogP contribution < -0.4 is 15.5 Å². The number of anilines is 2. The lowest BCUT2D eigenvalue weighted by atomic mass is 10.1. The highest BCUT2D eigenvalue weighted by atomic mass is 19.4. The van der Waals surface area contributed by atoms with Gasteiger partial charge in [0.15, 0.2) is 5.82 Å². The van der Waals surface area contributed by atoms with E-state index in [0.717, 1.165) is 6.07 Å². The molecule has 15 heteroatoms. The summed E-state index contributed by atoms with van der Waals surface area (Å²) in [6.07, 6.45) is -5.87. The third-order valence-electron chi connectivity index (χ3n) is 4.14. The molecule has 10 nitrogen and oxygen atoms in total. The number of carbonyl (C=O) groups is 1. The van der Waals surface area contributed by atoms with Crippen LogP contribution in [0, 0.1) is 17.0 Å². The lowest BCUT2D eigenvalue weighted by molar-refractivity contribution is -0.383. The molecule has 1 amide bonds. The zero-order valence-electron chi connectivity index (χ0n) is 16.5. The van der Waals surface area contributed by atoms with Crippen molar-refractivity contribution >= 4 is 23.0 Å². The normalized spacial score (nSPS) is 11.9. The Kier molecular flexibility index (Phi) is 6.66. The van der Waals surface area contributed by atoms with Gasteiger partial charge in [-0.05, 0) is 13.0 Å². The molecule has 0 unspecified atom stereocenters. The molecule has 0 atom stereocenters. The highest BCUT2D eigenvalue weighted by Gasteiger charge is 2.57. The Bertz CT molecular complexity index is 977. The molecule has 1 aromatic carbocycles. The lowest BCUT2D eigenvalue weighted by Gasteiger charge is -2.23. The summed E-state index contributed by atoms with van der Waals surface area (Å²) in [5.41, 5.74) is -1.03. The van der Waals surface area contributed by atoms with Crippen LogP contribution in [0.3, 0.4) is 0 Å². The second kappa shape index (κ2) is 8.69. The minimum atomic E-state index is -5.87. The number of aromatic amines is 1. The van der Waals surface area contributed by atoms with Crippen LogP contribution in [0.5, 0.6) is 0 Å². The van der Waals surface area contributed by atoms with Gasteiger partial charge >= 0.3 is 12.1 Å². The van der Waals surface area contributed by atoms with E-state index in [1.807, 2.05) is 0 Å². The SMILES string of the molecule is CNc1cc(N(C)Cc2n[nH]c(C)n2)c(C(=O)NCC(F)(F)C(F)(F)F)cc1[N+](=O)[O-]. The summed E-state index contributed by atoms with van der Waals surface area (Å²) in [6.45, 7) is -0.383. The first-order valence-corrected chi connectivity index (χ1v) is 8.58. The van der Waals surface area contributed by atoms with E-state index in [0.29, 0.717) is 11.6 Å². The number of alkyl halides is 5. The average molecular weight is 451 g/mol. The quantitative estimate of drug-likeness (QED) is 0.320. The minimum Gasteiger partial charge on any atom is -0.383 e. The molecule has 1 aromatic heterocycles. The minimum absolute atomic E-state index is 0.00426. The number of nitrogens with one attached hydrogen (secondary N) is 3. The fourth-order valence-electron chi connectivity index (χ4n) is 2.57. The smallest absolute Gasteiger partial charge is 0.383 e. The van der Waals surface area contributed by atoms with Gasteiger partial charge in [-0.3, -0.25) is 20.0 Å². The number of halogens is 5. The van der Waals surface area contributed by atoms with Crippen LogP contribution in [0.1, 0.15) is 22.0 Å². The van der Waals surface area contributed by atoms with Gasteiger partial charge in [-0.25, -0.2) is 4.98 Å². The fraction of sp³-hybridized carbons (Fsp3) is 0.438. The van der Waals surface area contributed by atoms with E-state index in [1.165, 1.54) is 30.4 Å². The number of aromatic nitrogens is 3. The van der Waals surface area contributed by atoms with Gasteiger partial charge in [0, 0.05) is 20.2 Å². The molecule has 0 saturated carbocycles. The largest absolute Gasteiger partial charge is 0.455 e. The average Bonchev–Trinajstić information content (AvgIpc) is 3.08. The monoisotopic (exact) mass is 451 g/mol. The Balaban J connectivity index is 2.43. The van der Waals surface area contributed by atoms with E-state index >= 15 is 0 Å². The first-order chi connectivity index (χ1) is 14.3. The van der Waals surface area contributed by atoms with Crippen LogP contribution in [0.25, 0.3) is 0 Å². The van der Waals surface area contributed by atoms with Crippen molar-refractivity contribution in [2.24, 2.45) is 0 Å². The van der Waals surface area contributed by atoms with Crippen molar-refractivity contribution in [1.82, 2.24) is 20.5 Å². The van der Waals surface area contributed by atoms with Gasteiger partial charge < -0.3 is 15.5 Å². The third kappa shape index (κ3) is 5.35. The number of carbonyl (C=O) groups excluding carboxylic acids is 1. The Morgan fingerprint density at radius 2 is 1.94 bits per heavy atom. The molecule has 0 aliphatic carbocycles. The van der Waals surface area contributed by atoms with Crippen molar-refractivity contribution in [1.29, 1.82) is 0 Å². The third-order valence-corrected chi connectivity index (χ3v) is 4.14. The van der Waals surface area contributed by atoms with Gasteiger partial charge in [0.05, 0.1) is 29.3 Å². The summed E-state index contributed by atoms with van der Waals surface area (Å²) < 4.78 is 63.5. The van der Waals surface area contributed by atoms with Crippen molar-refractivity contribution in [3.63, 3.8) is 0 Å². The number of hydrogen-bond donors (Lipinski definition) is 3. The van der Waals surface area contributed by atoms with E-state index in [1.54, 1.807) is 6.92 Å². The number of nitro benzene ring substituents is 1. The van der Waals surface area contributed by atoms with Crippen LogP contribution in [-0.2, 0) is 6.54 Å². The summed E-state index contributed by atoms with van der Waals surface area (Å²) in [6, 6.07) is 2.00. The predicted molar refractivity (Wildman–Crippen MR) is 99.2 cm³/mol. The van der Waals surface area contributed by atoms with Gasteiger partial charge in [0.2, 0.25) is 0 Å². The Morgan fingerprint density at radius 1 is 1.29 bits per heavy atom. The van der Waals surface area contributed by atoms with Gasteiger partial charge in [-0.15, -0.1) is 0 Å². The maximum absolute atomic E-state index is 13.2. The molecule has 0 spiro atoms. The summed E-state index contributed by atoms with van der Waals surface area (Å²) in [5.74, 6) is -5.74. The second-order valence-electron chi connectivity index (χ2n) is 6.47. The zero-order valence-corrected chi connectivity index (χ0v) is 16.5. The summed E-state index contributed by atoms with van der Waals surface area (Å²) in [7, 11) is 2.85. The maximum atomic E-state index is 13.2. The first-order valence-electron chi connectivity index (χ1n) is 8.58. The predicted octanol–water partition coefficient (Wildman–Crippen LogP) is 2.63. The van der Waals surface area contributed by atoms with E-state index in [9.17, 15) is 36.9 Å². The Morgan fingerprint density at radius 3 is 2.42 bits per heavy atom. The number of nitrogens with zero attached hydrogens (tertiary/aromatic N) is 4. The van der Waals surface area contributed by atoms with Crippen molar-refractivity contribution in [3.8, 4) is 0 Å². The molecular formula is C16H18F5N7O3. The molecule has 3 N–H and O–H groups in total. The molecule has 31 heavy (non-hydrogen) atoms. The Labute approximate surface area is 172 Å². The van der Waals surface area contributed by atoms with E-state index < -0.39 is 40.7 Å². The number of amides is 1. The summed E-state index contributed by atoms with van der Waals surface area (Å²) in [4.78, 5) is 28.4. The first kappa shape index (κ1) is 23.8. The van der Waals surface area contributed by atoms with Gasteiger partial charge in [0.25, 0.3) is 11.6 Å². The number of nitro groups is 1. The topological polar surface area (TPSA) is 129 Å². The number of aryl methyl sites for hydroxylation is 1. The van der Waals surface area contributed by atoms with Crippen LogP contribution in [0.15, 0.2) is 12.1 Å².